The zero-order valence-corrected chi connectivity index (χ0v) is 10.4. The maximum atomic E-state index is 12.0. The average Bonchev–Trinajstić information content (AvgIpc) is 2.41. The molecule has 0 fully saturated rings. The lowest BCUT2D eigenvalue weighted by Gasteiger charge is -2.17. The van der Waals surface area contributed by atoms with E-state index in [4.69, 9.17) is 0 Å². The Morgan fingerprint density at radius 1 is 1.11 bits per heavy atom. The number of hydrogen-bond donors (Lipinski definition) is 0. The summed E-state index contributed by atoms with van der Waals surface area (Å²) in [5.41, 5.74) is 2.09. The highest BCUT2D eigenvalue weighted by atomic mass is 16.2. The van der Waals surface area contributed by atoms with Crippen molar-refractivity contribution in [3.63, 3.8) is 0 Å². The van der Waals surface area contributed by atoms with Crippen molar-refractivity contribution in [2.24, 2.45) is 0 Å². The van der Waals surface area contributed by atoms with Crippen molar-refractivity contribution in [3.8, 4) is 0 Å². The smallest absolute Gasteiger partial charge is 0.227 e. The van der Waals surface area contributed by atoms with Gasteiger partial charge in [-0.3, -0.25) is 9.78 Å². The summed E-state index contributed by atoms with van der Waals surface area (Å²) in [5.74, 6) is 0.104. The summed E-state index contributed by atoms with van der Waals surface area (Å²) in [6.07, 6.45) is 3.84. The summed E-state index contributed by atoms with van der Waals surface area (Å²) >= 11 is 0. The van der Waals surface area contributed by atoms with E-state index in [1.54, 1.807) is 17.3 Å². The second-order valence-electron chi connectivity index (χ2n) is 4.27. The van der Waals surface area contributed by atoms with E-state index in [2.05, 4.69) is 4.98 Å². The molecule has 1 aromatic carbocycles. The van der Waals surface area contributed by atoms with Crippen molar-refractivity contribution in [2.75, 3.05) is 7.05 Å². The van der Waals surface area contributed by atoms with E-state index >= 15 is 0 Å². The van der Waals surface area contributed by atoms with Gasteiger partial charge in [0.25, 0.3) is 0 Å². The number of amides is 1. The van der Waals surface area contributed by atoms with Crippen molar-refractivity contribution < 1.29 is 4.79 Å². The molecule has 1 heterocycles. The van der Waals surface area contributed by atoms with E-state index in [-0.39, 0.29) is 5.91 Å². The minimum Gasteiger partial charge on any atom is -0.341 e. The van der Waals surface area contributed by atoms with Gasteiger partial charge in [0.1, 0.15) is 0 Å². The van der Waals surface area contributed by atoms with E-state index in [1.807, 2.05) is 49.5 Å². The van der Waals surface area contributed by atoms with Crippen molar-refractivity contribution in [3.05, 3.63) is 66.0 Å². The fourth-order valence-electron chi connectivity index (χ4n) is 1.76. The quantitative estimate of drug-likeness (QED) is 0.821. The van der Waals surface area contributed by atoms with Gasteiger partial charge in [-0.05, 0) is 17.2 Å². The van der Waals surface area contributed by atoms with Crippen LogP contribution in [0.4, 0.5) is 0 Å². The van der Waals surface area contributed by atoms with E-state index in [0.717, 1.165) is 11.1 Å². The molecule has 2 rings (SSSR count). The Bertz CT molecular complexity index is 496. The number of carbonyl (C=O) groups excluding carboxylic acids is 1. The number of rotatable bonds is 4. The standard InChI is InChI=1S/C15H16N2O/c1-17(12-13-6-3-2-4-7-13)15(18)10-14-8-5-9-16-11-14/h2-9,11H,10,12H2,1H3. The van der Waals surface area contributed by atoms with E-state index < -0.39 is 0 Å². The third kappa shape index (κ3) is 3.42. The van der Waals surface area contributed by atoms with Gasteiger partial charge in [0.15, 0.2) is 0 Å². The molecule has 0 aliphatic heterocycles. The third-order valence-corrected chi connectivity index (χ3v) is 2.77. The number of nitrogens with zero attached hydrogens (tertiary/aromatic N) is 2. The van der Waals surface area contributed by atoms with Crippen LogP contribution in [0.25, 0.3) is 0 Å². The van der Waals surface area contributed by atoms with Crippen LogP contribution in [0.1, 0.15) is 11.1 Å². The van der Waals surface area contributed by atoms with Gasteiger partial charge in [-0.15, -0.1) is 0 Å². The number of benzene rings is 1. The molecule has 3 nitrogen and oxygen atoms in total. The van der Waals surface area contributed by atoms with Gasteiger partial charge >= 0.3 is 0 Å². The van der Waals surface area contributed by atoms with Crippen molar-refractivity contribution >= 4 is 5.91 Å². The number of pyridine rings is 1. The Morgan fingerprint density at radius 2 is 1.83 bits per heavy atom. The van der Waals surface area contributed by atoms with Crippen LogP contribution in [-0.2, 0) is 17.8 Å². The molecule has 3 heteroatoms. The fourth-order valence-corrected chi connectivity index (χ4v) is 1.76. The minimum absolute atomic E-state index is 0.104. The predicted octanol–water partition coefficient (Wildman–Crippen LogP) is 2.28. The SMILES string of the molecule is CN(Cc1ccccc1)C(=O)Cc1cccnc1. The molecule has 92 valence electrons. The monoisotopic (exact) mass is 240 g/mol. The summed E-state index contributed by atoms with van der Waals surface area (Å²) in [6, 6.07) is 13.7. The Morgan fingerprint density at radius 3 is 2.50 bits per heavy atom. The normalized spacial score (nSPS) is 10.1. The average molecular weight is 240 g/mol. The third-order valence-electron chi connectivity index (χ3n) is 2.77. The molecule has 0 spiro atoms. The lowest BCUT2D eigenvalue weighted by molar-refractivity contribution is -0.129. The topological polar surface area (TPSA) is 33.2 Å². The summed E-state index contributed by atoms with van der Waals surface area (Å²) < 4.78 is 0. The highest BCUT2D eigenvalue weighted by molar-refractivity contribution is 5.78. The number of hydrogen-bond acceptors (Lipinski definition) is 2. The van der Waals surface area contributed by atoms with Gasteiger partial charge in [-0.1, -0.05) is 36.4 Å². The maximum Gasteiger partial charge on any atom is 0.227 e. The molecule has 1 amide bonds. The first-order valence-corrected chi connectivity index (χ1v) is 5.92. The minimum atomic E-state index is 0.104. The van der Waals surface area contributed by atoms with Gasteiger partial charge < -0.3 is 4.90 Å². The molecule has 2 aromatic rings. The molecule has 0 N–H and O–H groups in total. The molecular formula is C15H16N2O. The Hall–Kier alpha value is -2.16. The summed E-state index contributed by atoms with van der Waals surface area (Å²) in [7, 11) is 1.83. The molecule has 0 radical (unpaired) electrons. The Kier molecular flexibility index (Phi) is 4.07. The lowest BCUT2D eigenvalue weighted by atomic mass is 10.1. The van der Waals surface area contributed by atoms with Crippen LogP contribution < -0.4 is 0 Å². The molecule has 0 atom stereocenters. The van der Waals surface area contributed by atoms with Crippen LogP contribution in [0.15, 0.2) is 54.9 Å². The first-order valence-electron chi connectivity index (χ1n) is 5.92. The molecule has 0 saturated carbocycles. The van der Waals surface area contributed by atoms with Crippen LogP contribution in [0.5, 0.6) is 0 Å². The van der Waals surface area contributed by atoms with E-state index in [1.165, 1.54) is 0 Å². The molecular weight excluding hydrogens is 224 g/mol. The van der Waals surface area contributed by atoms with Crippen LogP contribution in [0.3, 0.4) is 0 Å². The highest BCUT2D eigenvalue weighted by Gasteiger charge is 2.09. The highest BCUT2D eigenvalue weighted by Crippen LogP contribution is 2.05. The van der Waals surface area contributed by atoms with Crippen molar-refractivity contribution in [1.29, 1.82) is 0 Å². The van der Waals surface area contributed by atoms with Gasteiger partial charge in [0, 0.05) is 26.0 Å². The summed E-state index contributed by atoms with van der Waals surface area (Å²) in [5, 5.41) is 0. The van der Waals surface area contributed by atoms with Crippen LogP contribution >= 0.6 is 0 Å². The molecule has 0 bridgehead atoms. The van der Waals surface area contributed by atoms with Gasteiger partial charge in [-0.2, -0.15) is 0 Å². The van der Waals surface area contributed by atoms with Gasteiger partial charge in [0.2, 0.25) is 5.91 Å². The second-order valence-corrected chi connectivity index (χ2v) is 4.27. The van der Waals surface area contributed by atoms with Crippen molar-refractivity contribution in [2.45, 2.75) is 13.0 Å². The molecule has 0 saturated heterocycles. The molecule has 18 heavy (non-hydrogen) atoms. The largest absolute Gasteiger partial charge is 0.341 e. The van der Waals surface area contributed by atoms with Gasteiger partial charge in [-0.25, -0.2) is 0 Å². The van der Waals surface area contributed by atoms with E-state index in [0.29, 0.717) is 13.0 Å². The van der Waals surface area contributed by atoms with Crippen LogP contribution in [0, 0.1) is 0 Å². The lowest BCUT2D eigenvalue weighted by Crippen LogP contribution is -2.27. The van der Waals surface area contributed by atoms with E-state index in [9.17, 15) is 4.79 Å². The zero-order chi connectivity index (χ0) is 12.8. The number of aromatic nitrogens is 1. The van der Waals surface area contributed by atoms with Crippen LogP contribution in [0.2, 0.25) is 0 Å². The fraction of sp³-hybridized carbons (Fsp3) is 0.200. The Balaban J connectivity index is 1.93. The first kappa shape index (κ1) is 12.3. The number of likely N-dealkylation sites (N-methyl/N-ethyl adjacent to an activating group) is 1. The zero-order valence-electron chi connectivity index (χ0n) is 10.4. The first-order chi connectivity index (χ1) is 8.75. The maximum absolute atomic E-state index is 12.0. The van der Waals surface area contributed by atoms with Crippen LogP contribution in [-0.4, -0.2) is 22.8 Å². The molecule has 0 unspecified atom stereocenters. The summed E-state index contributed by atoms with van der Waals surface area (Å²) in [4.78, 5) is 17.8. The molecule has 1 aromatic heterocycles. The van der Waals surface area contributed by atoms with Gasteiger partial charge in [0.05, 0.1) is 6.42 Å². The second kappa shape index (κ2) is 5.96. The predicted molar refractivity (Wildman–Crippen MR) is 70.9 cm³/mol. The Labute approximate surface area is 107 Å². The molecule has 0 aliphatic carbocycles. The number of carbonyl (C=O) groups is 1. The summed E-state index contributed by atoms with van der Waals surface area (Å²) in [6.45, 7) is 0.639. The van der Waals surface area contributed by atoms with Crippen molar-refractivity contribution in [1.82, 2.24) is 9.88 Å². The molecule has 0 aliphatic rings.